The van der Waals surface area contributed by atoms with Crippen LogP contribution in [0.5, 0.6) is 5.75 Å². The Labute approximate surface area is 221 Å². The SMILES string of the molecule is CC(C)C[C@H](NC(=O)/C=C/c1ccc(OP(=O)(O)O)cc1)C(=O)N1CCC[C@H]1C(=O)N[C@H](C)COC(N)=O. The minimum absolute atomic E-state index is 0.0264. The molecule has 1 aliphatic rings. The van der Waals surface area contributed by atoms with Gasteiger partial charge < -0.3 is 30.5 Å². The van der Waals surface area contributed by atoms with E-state index in [2.05, 4.69) is 15.2 Å². The number of phosphoric acid groups is 1. The third-order valence-electron chi connectivity index (χ3n) is 5.56. The van der Waals surface area contributed by atoms with Crippen LogP contribution in [0, 0.1) is 5.92 Å². The van der Waals surface area contributed by atoms with E-state index in [0.29, 0.717) is 31.4 Å². The number of hydrogen-bond acceptors (Lipinski definition) is 7. The topological polar surface area (TPSA) is 198 Å². The molecule has 0 spiro atoms. The van der Waals surface area contributed by atoms with Crippen LogP contribution >= 0.6 is 7.82 Å². The van der Waals surface area contributed by atoms with Gasteiger partial charge in [-0.05, 0) is 55.9 Å². The van der Waals surface area contributed by atoms with Crippen LogP contribution in [0.1, 0.15) is 45.6 Å². The van der Waals surface area contributed by atoms with Gasteiger partial charge in [0, 0.05) is 12.6 Å². The number of amides is 4. The van der Waals surface area contributed by atoms with E-state index in [1.165, 1.54) is 41.3 Å². The summed E-state index contributed by atoms with van der Waals surface area (Å²) < 4.78 is 20.1. The molecule has 1 fully saturated rings. The molecule has 13 nitrogen and oxygen atoms in total. The first-order valence-electron chi connectivity index (χ1n) is 12.1. The maximum Gasteiger partial charge on any atom is 0.524 e. The van der Waals surface area contributed by atoms with E-state index in [4.69, 9.17) is 20.3 Å². The molecule has 38 heavy (non-hydrogen) atoms. The van der Waals surface area contributed by atoms with Crippen molar-refractivity contribution in [2.45, 2.75) is 58.2 Å². The van der Waals surface area contributed by atoms with Gasteiger partial charge in [0.25, 0.3) is 0 Å². The van der Waals surface area contributed by atoms with Crippen molar-refractivity contribution in [3.63, 3.8) is 0 Å². The van der Waals surface area contributed by atoms with Crippen LogP contribution in [0.2, 0.25) is 0 Å². The maximum absolute atomic E-state index is 13.4. The number of nitrogens with zero attached hydrogens (tertiary/aromatic N) is 1. The fourth-order valence-corrected chi connectivity index (χ4v) is 4.35. The molecule has 1 aromatic carbocycles. The zero-order valence-electron chi connectivity index (χ0n) is 21.5. The summed E-state index contributed by atoms with van der Waals surface area (Å²) in [7, 11) is -4.67. The van der Waals surface area contributed by atoms with Gasteiger partial charge in [0.05, 0.1) is 6.04 Å². The van der Waals surface area contributed by atoms with Crippen LogP contribution < -0.4 is 20.9 Å². The predicted molar refractivity (Wildman–Crippen MR) is 137 cm³/mol. The number of nitrogens with one attached hydrogen (secondary N) is 2. The predicted octanol–water partition coefficient (Wildman–Crippen LogP) is 1.29. The molecule has 0 bridgehead atoms. The third-order valence-corrected chi connectivity index (χ3v) is 6.00. The Morgan fingerprint density at radius 2 is 1.82 bits per heavy atom. The average Bonchev–Trinajstić information content (AvgIpc) is 3.30. The van der Waals surface area contributed by atoms with Gasteiger partial charge in [-0.15, -0.1) is 0 Å². The second kappa shape index (κ2) is 13.9. The summed E-state index contributed by atoms with van der Waals surface area (Å²) in [5.41, 5.74) is 5.52. The summed E-state index contributed by atoms with van der Waals surface area (Å²) in [5, 5.41) is 5.44. The van der Waals surface area contributed by atoms with Gasteiger partial charge in [-0.25, -0.2) is 9.36 Å². The standard InChI is InChI=1S/C24H35N4O9P/c1-15(2)13-19(27-21(29)11-8-17-6-9-18(10-7-17)37-38(33,34)35)23(31)28-12-4-5-20(28)22(30)26-16(3)14-36-24(25)32/h6-11,15-16,19-20H,4-5,12-14H2,1-3H3,(H2,25,32)(H,26,30)(H,27,29)(H2,33,34,35)/b11-8+/t16-,19+,20+/m1/s1. The molecule has 1 aromatic rings. The van der Waals surface area contributed by atoms with Crippen LogP contribution in [0.4, 0.5) is 4.79 Å². The number of carbonyl (C=O) groups excluding carboxylic acids is 4. The van der Waals surface area contributed by atoms with Gasteiger partial charge in [0.2, 0.25) is 17.7 Å². The highest BCUT2D eigenvalue weighted by Gasteiger charge is 2.38. The zero-order valence-corrected chi connectivity index (χ0v) is 22.4. The lowest BCUT2D eigenvalue weighted by molar-refractivity contribution is -0.141. The van der Waals surface area contributed by atoms with E-state index in [0.717, 1.165) is 0 Å². The van der Waals surface area contributed by atoms with Crippen molar-refractivity contribution in [2.24, 2.45) is 11.7 Å². The molecule has 0 radical (unpaired) electrons. The number of carbonyl (C=O) groups is 4. The molecule has 210 valence electrons. The van der Waals surface area contributed by atoms with Gasteiger partial charge >= 0.3 is 13.9 Å². The highest BCUT2D eigenvalue weighted by molar-refractivity contribution is 7.46. The number of nitrogens with two attached hydrogens (primary N) is 1. The Morgan fingerprint density at radius 3 is 2.39 bits per heavy atom. The summed E-state index contributed by atoms with van der Waals surface area (Å²) >= 11 is 0. The normalized spacial score (nSPS) is 17.2. The van der Waals surface area contributed by atoms with E-state index in [9.17, 15) is 23.7 Å². The van der Waals surface area contributed by atoms with Crippen molar-refractivity contribution in [1.82, 2.24) is 15.5 Å². The van der Waals surface area contributed by atoms with Crippen LogP contribution in [-0.4, -0.2) is 69.8 Å². The molecule has 6 N–H and O–H groups in total. The fraction of sp³-hybridized carbons (Fsp3) is 0.500. The molecule has 3 atom stereocenters. The Hall–Kier alpha value is -3.41. The molecule has 0 saturated carbocycles. The molecular formula is C24H35N4O9P. The van der Waals surface area contributed by atoms with Crippen molar-refractivity contribution in [3.05, 3.63) is 35.9 Å². The quantitative estimate of drug-likeness (QED) is 0.187. The Balaban J connectivity index is 2.04. The average molecular weight is 555 g/mol. The van der Waals surface area contributed by atoms with E-state index < -0.39 is 37.9 Å². The molecular weight excluding hydrogens is 519 g/mol. The van der Waals surface area contributed by atoms with Gasteiger partial charge in [0.15, 0.2) is 0 Å². The minimum atomic E-state index is -4.67. The maximum atomic E-state index is 13.4. The van der Waals surface area contributed by atoms with Crippen molar-refractivity contribution in [2.75, 3.05) is 13.2 Å². The summed E-state index contributed by atoms with van der Waals surface area (Å²) in [6.45, 7) is 5.75. The largest absolute Gasteiger partial charge is 0.524 e. The Morgan fingerprint density at radius 1 is 1.16 bits per heavy atom. The monoisotopic (exact) mass is 554 g/mol. The van der Waals surface area contributed by atoms with Crippen molar-refractivity contribution >= 4 is 37.7 Å². The number of phosphoric ester groups is 1. The molecule has 0 aromatic heterocycles. The second-order valence-corrected chi connectivity index (χ2v) is 10.6. The molecule has 0 aliphatic carbocycles. The number of benzene rings is 1. The highest BCUT2D eigenvalue weighted by Crippen LogP contribution is 2.37. The van der Waals surface area contributed by atoms with Crippen LogP contribution in [0.25, 0.3) is 6.08 Å². The first-order chi connectivity index (χ1) is 17.7. The van der Waals surface area contributed by atoms with Gasteiger partial charge in [-0.1, -0.05) is 26.0 Å². The summed E-state index contributed by atoms with van der Waals surface area (Å²) in [5.74, 6) is -1.20. The Bertz CT molecular complexity index is 1070. The number of ether oxygens (including phenoxy) is 1. The summed E-state index contributed by atoms with van der Waals surface area (Å²) in [6, 6.07) is 3.65. The van der Waals surface area contributed by atoms with E-state index in [-0.39, 0.29) is 30.1 Å². The fourth-order valence-electron chi connectivity index (χ4n) is 3.95. The van der Waals surface area contributed by atoms with E-state index in [1.54, 1.807) is 6.92 Å². The first kappa shape index (κ1) is 30.8. The van der Waals surface area contributed by atoms with Crippen LogP contribution in [0.15, 0.2) is 30.3 Å². The molecule has 4 amide bonds. The van der Waals surface area contributed by atoms with E-state index in [1.807, 2.05) is 13.8 Å². The molecule has 14 heteroatoms. The molecule has 1 saturated heterocycles. The third kappa shape index (κ3) is 10.5. The molecule has 1 aliphatic heterocycles. The first-order valence-corrected chi connectivity index (χ1v) is 13.6. The summed E-state index contributed by atoms with van der Waals surface area (Å²) in [4.78, 5) is 68.8. The van der Waals surface area contributed by atoms with E-state index >= 15 is 0 Å². The lowest BCUT2D eigenvalue weighted by Gasteiger charge is -2.30. The van der Waals surface area contributed by atoms with Gasteiger partial charge in [0.1, 0.15) is 24.4 Å². The number of rotatable bonds is 12. The second-order valence-electron chi connectivity index (χ2n) is 9.40. The molecule has 1 heterocycles. The number of primary amides is 1. The van der Waals surface area contributed by atoms with Crippen LogP contribution in [-0.2, 0) is 23.7 Å². The molecule has 2 rings (SSSR count). The van der Waals surface area contributed by atoms with Gasteiger partial charge in [-0.2, -0.15) is 0 Å². The van der Waals surface area contributed by atoms with Crippen LogP contribution in [0.3, 0.4) is 0 Å². The number of hydrogen-bond donors (Lipinski definition) is 5. The lowest BCUT2D eigenvalue weighted by Crippen LogP contribution is -2.54. The van der Waals surface area contributed by atoms with Crippen molar-refractivity contribution in [3.8, 4) is 5.75 Å². The highest BCUT2D eigenvalue weighted by atomic mass is 31.2. The molecule has 0 unspecified atom stereocenters. The minimum Gasteiger partial charge on any atom is -0.448 e. The Kier molecular flexibility index (Phi) is 11.3. The van der Waals surface area contributed by atoms with Crippen molar-refractivity contribution < 1.29 is 42.8 Å². The zero-order chi connectivity index (χ0) is 28.5. The number of likely N-dealkylation sites (tertiary alicyclic amines) is 1. The van der Waals surface area contributed by atoms with Crippen molar-refractivity contribution in [1.29, 1.82) is 0 Å². The smallest absolute Gasteiger partial charge is 0.448 e. The van der Waals surface area contributed by atoms with Gasteiger partial charge in [-0.3, -0.25) is 24.2 Å². The summed E-state index contributed by atoms with van der Waals surface area (Å²) in [6.07, 6.45) is 3.23. The lowest BCUT2D eigenvalue weighted by atomic mass is 10.0.